The van der Waals surface area contributed by atoms with Crippen LogP contribution in [-0.2, 0) is 27.9 Å². The maximum absolute atomic E-state index is 12.6. The molecule has 3 unspecified atom stereocenters. The van der Waals surface area contributed by atoms with Gasteiger partial charge >= 0.3 is 13.8 Å². The predicted molar refractivity (Wildman–Crippen MR) is 201 cm³/mol. The first kappa shape index (κ1) is 48.5. The lowest BCUT2D eigenvalue weighted by Crippen LogP contribution is -2.29. The third-order valence-corrected chi connectivity index (χ3v) is 9.99. The maximum Gasteiger partial charge on any atom is 0.472 e. The van der Waals surface area contributed by atoms with Crippen LogP contribution in [0.5, 0.6) is 0 Å². The molecule has 0 amide bonds. The lowest BCUT2D eigenvalue weighted by Gasteiger charge is -2.20. The molecule has 3 atom stereocenters. The number of ether oxygens (including phenoxy) is 2. The molecule has 294 valence electrons. The lowest BCUT2D eigenvalue weighted by atomic mass is 10.0. The molecular weight excluding hydrogens is 643 g/mol. The molecule has 3 N–H and O–H groups in total. The van der Waals surface area contributed by atoms with Gasteiger partial charge in [-0.3, -0.25) is 13.8 Å². The second-order valence-corrected chi connectivity index (χ2v) is 15.5. The van der Waals surface area contributed by atoms with E-state index in [-0.39, 0.29) is 25.6 Å². The highest BCUT2D eigenvalue weighted by Crippen LogP contribution is 2.43. The Hall–Kier alpha value is -0.540. The number of carbonyl (C=O) groups excluding carboxylic acids is 1. The Bertz CT molecular complexity index is 739. The van der Waals surface area contributed by atoms with Gasteiger partial charge in [-0.25, -0.2) is 4.57 Å². The van der Waals surface area contributed by atoms with Crippen molar-refractivity contribution in [1.29, 1.82) is 0 Å². The van der Waals surface area contributed by atoms with Gasteiger partial charge in [0.15, 0.2) is 0 Å². The summed E-state index contributed by atoms with van der Waals surface area (Å²) in [5.74, 6) is -0.378. The summed E-state index contributed by atoms with van der Waals surface area (Å²) in [6.45, 7) is 3.55. The highest BCUT2D eigenvalue weighted by molar-refractivity contribution is 7.47. The molecule has 49 heavy (non-hydrogen) atoms. The van der Waals surface area contributed by atoms with Crippen LogP contribution < -0.4 is 0 Å². The molecule has 0 aliphatic carbocycles. The van der Waals surface area contributed by atoms with Crippen molar-refractivity contribution in [2.24, 2.45) is 0 Å². The van der Waals surface area contributed by atoms with E-state index in [1.54, 1.807) is 0 Å². The average molecular weight is 723 g/mol. The summed E-state index contributed by atoms with van der Waals surface area (Å²) in [4.78, 5) is 22.5. The van der Waals surface area contributed by atoms with Crippen LogP contribution in [0.4, 0.5) is 0 Å². The first-order chi connectivity index (χ1) is 23.8. The number of hydrogen-bond donors (Lipinski definition) is 3. The van der Waals surface area contributed by atoms with Crippen molar-refractivity contribution in [1.82, 2.24) is 0 Å². The Balaban J connectivity index is 4.10. The highest BCUT2D eigenvalue weighted by Gasteiger charge is 2.26. The zero-order valence-corrected chi connectivity index (χ0v) is 32.8. The Kier molecular flexibility index (Phi) is 36.8. The van der Waals surface area contributed by atoms with Crippen molar-refractivity contribution >= 4 is 13.8 Å². The van der Waals surface area contributed by atoms with E-state index in [0.717, 1.165) is 32.1 Å². The van der Waals surface area contributed by atoms with E-state index in [1.165, 1.54) is 148 Å². The van der Waals surface area contributed by atoms with E-state index >= 15 is 0 Å². The Morgan fingerprint density at radius 1 is 0.551 bits per heavy atom. The van der Waals surface area contributed by atoms with E-state index in [9.17, 15) is 19.4 Å². The third-order valence-electron chi connectivity index (χ3n) is 9.04. The molecule has 0 aromatic heterocycles. The molecule has 0 aromatic rings. The zero-order chi connectivity index (χ0) is 36.1. The average Bonchev–Trinajstić information content (AvgIpc) is 3.09. The van der Waals surface area contributed by atoms with Gasteiger partial charge in [0.05, 0.1) is 26.4 Å². The molecule has 0 fully saturated rings. The monoisotopic (exact) mass is 723 g/mol. The number of aliphatic hydroxyl groups excluding tert-OH is 2. The van der Waals surface area contributed by atoms with Crippen LogP contribution in [0, 0.1) is 0 Å². The molecule has 0 rings (SSSR count). The number of phosphoric ester groups is 1. The Morgan fingerprint density at radius 2 is 0.918 bits per heavy atom. The molecule has 10 heteroatoms. The number of carbonyl (C=O) groups is 1. The fraction of sp³-hybridized carbons (Fsp3) is 0.974. The predicted octanol–water partition coefficient (Wildman–Crippen LogP) is 10.8. The normalized spacial score (nSPS) is 14.1. The number of rotatable bonds is 40. The molecule has 0 aromatic carbocycles. The smallest absolute Gasteiger partial charge is 0.457 e. The minimum Gasteiger partial charge on any atom is -0.457 e. The SMILES string of the molecule is CCCCCCCCCCCCCCCCCCCCC(=O)OC(COCCCCCCCCCCCC)COP(=O)(O)OCC(O)CO. The first-order valence-electron chi connectivity index (χ1n) is 20.5. The minimum atomic E-state index is -4.50. The second kappa shape index (κ2) is 37.2. The summed E-state index contributed by atoms with van der Waals surface area (Å²) in [6, 6.07) is 0. The van der Waals surface area contributed by atoms with E-state index in [0.29, 0.717) is 6.61 Å². The van der Waals surface area contributed by atoms with Crippen LogP contribution in [0.2, 0.25) is 0 Å². The van der Waals surface area contributed by atoms with E-state index in [4.69, 9.17) is 23.6 Å². The van der Waals surface area contributed by atoms with E-state index in [1.807, 2.05) is 0 Å². The van der Waals surface area contributed by atoms with Crippen molar-refractivity contribution in [2.75, 3.05) is 33.0 Å². The van der Waals surface area contributed by atoms with E-state index < -0.39 is 33.2 Å². The van der Waals surface area contributed by atoms with Gasteiger partial charge in [-0.15, -0.1) is 0 Å². The van der Waals surface area contributed by atoms with Gasteiger partial charge in [-0.05, 0) is 12.8 Å². The molecule has 0 saturated carbocycles. The van der Waals surface area contributed by atoms with Crippen LogP contribution in [0.3, 0.4) is 0 Å². The van der Waals surface area contributed by atoms with Crippen LogP contribution >= 0.6 is 7.82 Å². The largest absolute Gasteiger partial charge is 0.472 e. The number of esters is 1. The van der Waals surface area contributed by atoms with Crippen LogP contribution in [0.15, 0.2) is 0 Å². The highest BCUT2D eigenvalue weighted by atomic mass is 31.2. The molecule has 0 aliphatic rings. The number of phosphoric acid groups is 1. The number of unbranched alkanes of at least 4 members (excludes halogenated alkanes) is 26. The van der Waals surface area contributed by atoms with Crippen molar-refractivity contribution in [3.05, 3.63) is 0 Å². The maximum atomic E-state index is 12.6. The van der Waals surface area contributed by atoms with Gasteiger partial charge in [0.1, 0.15) is 12.2 Å². The van der Waals surface area contributed by atoms with Crippen molar-refractivity contribution in [3.63, 3.8) is 0 Å². The molecule has 9 nitrogen and oxygen atoms in total. The number of aliphatic hydroxyl groups is 2. The zero-order valence-electron chi connectivity index (χ0n) is 31.9. The van der Waals surface area contributed by atoms with Gasteiger partial charge in [-0.1, -0.05) is 181 Å². The third kappa shape index (κ3) is 37.0. The van der Waals surface area contributed by atoms with Crippen molar-refractivity contribution in [2.45, 2.75) is 212 Å². The minimum absolute atomic E-state index is 0.0571. The van der Waals surface area contributed by atoms with Gasteiger partial charge < -0.3 is 24.6 Å². The Morgan fingerprint density at radius 3 is 1.33 bits per heavy atom. The lowest BCUT2D eigenvalue weighted by molar-refractivity contribution is -0.154. The molecule has 0 bridgehead atoms. The number of hydrogen-bond acceptors (Lipinski definition) is 8. The fourth-order valence-corrected chi connectivity index (χ4v) is 6.68. The summed E-state index contributed by atoms with van der Waals surface area (Å²) in [7, 11) is -4.50. The second-order valence-electron chi connectivity index (χ2n) is 14.0. The summed E-state index contributed by atoms with van der Waals surface area (Å²) < 4.78 is 33.2. The molecular formula is C39H79O9P. The summed E-state index contributed by atoms with van der Waals surface area (Å²) in [5, 5.41) is 18.3. The van der Waals surface area contributed by atoms with Crippen molar-refractivity contribution in [3.8, 4) is 0 Å². The first-order valence-corrected chi connectivity index (χ1v) is 22.0. The van der Waals surface area contributed by atoms with Gasteiger partial charge in [0, 0.05) is 13.0 Å². The summed E-state index contributed by atoms with van der Waals surface area (Å²) >= 11 is 0. The molecule has 0 spiro atoms. The molecule has 0 aliphatic heterocycles. The van der Waals surface area contributed by atoms with E-state index in [2.05, 4.69) is 13.8 Å². The molecule has 0 radical (unpaired) electrons. The molecule has 0 heterocycles. The van der Waals surface area contributed by atoms with Gasteiger partial charge in [0.2, 0.25) is 0 Å². The van der Waals surface area contributed by atoms with Gasteiger partial charge in [-0.2, -0.15) is 0 Å². The summed E-state index contributed by atoms with van der Waals surface area (Å²) in [6.07, 6.45) is 33.5. The van der Waals surface area contributed by atoms with Crippen molar-refractivity contribution < 1.29 is 43.0 Å². The quantitative estimate of drug-likeness (QED) is 0.0321. The fourth-order valence-electron chi connectivity index (χ4n) is 5.89. The van der Waals surface area contributed by atoms with Crippen LogP contribution in [0.25, 0.3) is 0 Å². The van der Waals surface area contributed by atoms with Crippen LogP contribution in [0.1, 0.15) is 200 Å². The molecule has 0 saturated heterocycles. The summed E-state index contributed by atoms with van der Waals surface area (Å²) in [5.41, 5.74) is 0. The standard InChI is InChI=1S/C39H79O9P/c1-3-5-7-9-11-13-15-16-17-18-19-20-21-22-23-25-27-29-31-39(42)48-38(36-47-49(43,44)46-34-37(41)33-40)35-45-32-30-28-26-24-14-12-10-8-6-4-2/h37-38,40-41H,3-36H2,1-2H3,(H,43,44). The van der Waals surface area contributed by atoms with Gasteiger partial charge in [0.25, 0.3) is 0 Å². The van der Waals surface area contributed by atoms with Crippen LogP contribution in [-0.4, -0.2) is 66.3 Å². The topological polar surface area (TPSA) is 132 Å². The Labute approximate surface area is 301 Å².